The number of carbonyl (C=O) groups excluding carboxylic acids is 1. The van der Waals surface area contributed by atoms with Crippen LogP contribution in [0.2, 0.25) is 0 Å². The predicted octanol–water partition coefficient (Wildman–Crippen LogP) is 2.39. The highest BCUT2D eigenvalue weighted by Gasteiger charge is 2.30. The summed E-state index contributed by atoms with van der Waals surface area (Å²) in [6.07, 6.45) is 0.844. The van der Waals surface area contributed by atoms with Gasteiger partial charge < -0.3 is 14.2 Å². The second kappa shape index (κ2) is 6.40. The Morgan fingerprint density at radius 1 is 1.35 bits per heavy atom. The normalized spacial score (nSPS) is 17.5. The van der Waals surface area contributed by atoms with Gasteiger partial charge in [-0.2, -0.15) is 4.98 Å². The third kappa shape index (κ3) is 3.52. The van der Waals surface area contributed by atoms with Gasteiger partial charge in [-0.15, -0.1) is 0 Å². The lowest BCUT2D eigenvalue weighted by Crippen LogP contribution is -2.32. The van der Waals surface area contributed by atoms with Gasteiger partial charge >= 0.3 is 0 Å². The van der Waals surface area contributed by atoms with Gasteiger partial charge in [0.15, 0.2) is 12.4 Å². The van der Waals surface area contributed by atoms with Gasteiger partial charge in [-0.1, -0.05) is 11.2 Å². The van der Waals surface area contributed by atoms with Crippen LogP contribution >= 0.6 is 0 Å². The number of aryl methyl sites for hydroxylation is 3. The molecular weight excluding hydrogens is 294 g/mol. The van der Waals surface area contributed by atoms with Gasteiger partial charge in [-0.3, -0.25) is 4.79 Å². The Kier molecular flexibility index (Phi) is 4.32. The van der Waals surface area contributed by atoms with E-state index in [9.17, 15) is 4.79 Å². The summed E-state index contributed by atoms with van der Waals surface area (Å²) in [6.45, 7) is 7.23. The molecule has 6 nitrogen and oxygen atoms in total. The molecular formula is C17H21N3O3. The lowest BCUT2D eigenvalue weighted by atomic mass is 10.1. The zero-order valence-electron chi connectivity index (χ0n) is 13.7. The van der Waals surface area contributed by atoms with Crippen LogP contribution in [0, 0.1) is 20.8 Å². The molecule has 0 saturated carbocycles. The summed E-state index contributed by atoms with van der Waals surface area (Å²) in [5, 5.41) is 3.81. The van der Waals surface area contributed by atoms with Crippen LogP contribution < -0.4 is 4.74 Å². The van der Waals surface area contributed by atoms with Gasteiger partial charge in [0, 0.05) is 13.1 Å². The summed E-state index contributed by atoms with van der Waals surface area (Å²) >= 11 is 0. The molecule has 23 heavy (non-hydrogen) atoms. The molecule has 0 radical (unpaired) electrons. The number of benzene rings is 1. The molecule has 122 valence electrons. The standard InChI is InChI=1S/C17H21N3O3/c1-11-4-5-15(8-12(11)2)22-10-16(21)20-7-6-14(9-20)17-18-13(3)19-23-17/h4-5,8,14H,6-7,9-10H2,1-3H3. The van der Waals surface area contributed by atoms with Crippen LogP contribution in [-0.2, 0) is 4.79 Å². The first-order valence-corrected chi connectivity index (χ1v) is 7.81. The Balaban J connectivity index is 1.54. The molecule has 2 heterocycles. The van der Waals surface area contributed by atoms with Crippen molar-refractivity contribution in [3.8, 4) is 5.75 Å². The third-order valence-corrected chi connectivity index (χ3v) is 4.27. The van der Waals surface area contributed by atoms with E-state index in [0.717, 1.165) is 17.7 Å². The van der Waals surface area contributed by atoms with E-state index in [0.29, 0.717) is 24.8 Å². The minimum absolute atomic E-state index is 0.0121. The summed E-state index contributed by atoms with van der Waals surface area (Å²) in [7, 11) is 0. The highest BCUT2D eigenvalue weighted by Crippen LogP contribution is 2.26. The maximum Gasteiger partial charge on any atom is 0.260 e. The monoisotopic (exact) mass is 315 g/mol. The summed E-state index contributed by atoms with van der Waals surface area (Å²) in [5.74, 6) is 2.09. The van der Waals surface area contributed by atoms with E-state index in [4.69, 9.17) is 9.26 Å². The van der Waals surface area contributed by atoms with Crippen LogP contribution in [0.1, 0.15) is 35.2 Å². The molecule has 1 amide bonds. The number of nitrogens with zero attached hydrogens (tertiary/aromatic N) is 3. The van der Waals surface area contributed by atoms with Gasteiger partial charge in [0.1, 0.15) is 5.75 Å². The van der Waals surface area contributed by atoms with Crippen molar-refractivity contribution in [3.05, 3.63) is 41.0 Å². The molecule has 1 atom stereocenters. The van der Waals surface area contributed by atoms with E-state index >= 15 is 0 Å². The van der Waals surface area contributed by atoms with Crippen LogP contribution in [0.15, 0.2) is 22.7 Å². The Hall–Kier alpha value is -2.37. The Bertz CT molecular complexity index is 711. The van der Waals surface area contributed by atoms with Crippen LogP contribution in [0.3, 0.4) is 0 Å². The van der Waals surface area contributed by atoms with Crippen molar-refractivity contribution < 1.29 is 14.1 Å². The second-order valence-corrected chi connectivity index (χ2v) is 6.04. The zero-order chi connectivity index (χ0) is 16.4. The summed E-state index contributed by atoms with van der Waals surface area (Å²) < 4.78 is 10.8. The van der Waals surface area contributed by atoms with Crippen LogP contribution in [-0.4, -0.2) is 40.6 Å². The Morgan fingerprint density at radius 3 is 2.87 bits per heavy atom. The van der Waals surface area contributed by atoms with E-state index < -0.39 is 0 Å². The van der Waals surface area contributed by atoms with Crippen LogP contribution in [0.25, 0.3) is 0 Å². The minimum atomic E-state index is -0.0121. The molecule has 0 spiro atoms. The first-order valence-electron chi connectivity index (χ1n) is 7.81. The molecule has 0 aliphatic carbocycles. The molecule has 0 N–H and O–H groups in total. The lowest BCUT2D eigenvalue weighted by Gasteiger charge is -2.16. The van der Waals surface area contributed by atoms with Crippen molar-refractivity contribution in [3.63, 3.8) is 0 Å². The average Bonchev–Trinajstić information content (AvgIpc) is 3.17. The van der Waals surface area contributed by atoms with Gasteiger partial charge in [0.25, 0.3) is 5.91 Å². The fourth-order valence-electron chi connectivity index (χ4n) is 2.71. The van der Waals surface area contributed by atoms with Crippen molar-refractivity contribution in [2.24, 2.45) is 0 Å². The Labute approximate surface area is 135 Å². The van der Waals surface area contributed by atoms with Gasteiger partial charge in [-0.05, 0) is 50.5 Å². The molecule has 0 bridgehead atoms. The van der Waals surface area contributed by atoms with Crippen molar-refractivity contribution in [2.45, 2.75) is 33.1 Å². The van der Waals surface area contributed by atoms with Gasteiger partial charge in [0.05, 0.1) is 5.92 Å². The molecule has 2 aromatic rings. The molecule has 1 aliphatic heterocycles. The largest absolute Gasteiger partial charge is 0.484 e. The van der Waals surface area contributed by atoms with Crippen LogP contribution in [0.4, 0.5) is 0 Å². The number of hydrogen-bond acceptors (Lipinski definition) is 5. The fraction of sp³-hybridized carbons (Fsp3) is 0.471. The minimum Gasteiger partial charge on any atom is -0.484 e. The number of hydrogen-bond donors (Lipinski definition) is 0. The first-order chi connectivity index (χ1) is 11.0. The van der Waals surface area contributed by atoms with E-state index in [1.54, 1.807) is 11.8 Å². The number of amides is 1. The number of rotatable bonds is 4. The molecule has 1 aliphatic rings. The van der Waals surface area contributed by atoms with Crippen molar-refractivity contribution >= 4 is 5.91 Å². The predicted molar refractivity (Wildman–Crippen MR) is 84.4 cm³/mol. The maximum atomic E-state index is 12.3. The lowest BCUT2D eigenvalue weighted by molar-refractivity contribution is -0.132. The SMILES string of the molecule is Cc1noc(C2CCN(C(=O)COc3ccc(C)c(C)c3)C2)n1. The number of likely N-dealkylation sites (tertiary alicyclic amines) is 1. The highest BCUT2D eigenvalue weighted by molar-refractivity contribution is 5.78. The molecule has 3 rings (SSSR count). The smallest absolute Gasteiger partial charge is 0.260 e. The summed E-state index contributed by atoms with van der Waals surface area (Å²) in [4.78, 5) is 18.3. The number of carbonyl (C=O) groups is 1. The second-order valence-electron chi connectivity index (χ2n) is 6.04. The van der Waals surface area contributed by atoms with Gasteiger partial charge in [0.2, 0.25) is 5.89 Å². The highest BCUT2D eigenvalue weighted by atomic mass is 16.5. The molecule has 1 aromatic carbocycles. The van der Waals surface area contributed by atoms with E-state index in [1.165, 1.54) is 5.56 Å². The first kappa shape index (κ1) is 15.5. The Morgan fingerprint density at radius 2 is 2.17 bits per heavy atom. The molecule has 1 saturated heterocycles. The number of aromatic nitrogens is 2. The molecule has 1 unspecified atom stereocenters. The van der Waals surface area contributed by atoms with Crippen molar-refractivity contribution in [1.29, 1.82) is 0 Å². The van der Waals surface area contributed by atoms with E-state index in [1.807, 2.05) is 32.0 Å². The fourth-order valence-corrected chi connectivity index (χ4v) is 2.71. The number of ether oxygens (including phenoxy) is 1. The maximum absolute atomic E-state index is 12.3. The third-order valence-electron chi connectivity index (χ3n) is 4.27. The van der Waals surface area contributed by atoms with Crippen molar-refractivity contribution in [2.75, 3.05) is 19.7 Å². The van der Waals surface area contributed by atoms with Crippen LogP contribution in [0.5, 0.6) is 5.75 Å². The molecule has 1 fully saturated rings. The summed E-state index contributed by atoms with van der Waals surface area (Å²) in [5.41, 5.74) is 2.36. The summed E-state index contributed by atoms with van der Waals surface area (Å²) in [6, 6.07) is 5.85. The molecule has 1 aromatic heterocycles. The quantitative estimate of drug-likeness (QED) is 0.866. The van der Waals surface area contributed by atoms with E-state index in [2.05, 4.69) is 10.1 Å². The zero-order valence-corrected chi connectivity index (χ0v) is 13.7. The van der Waals surface area contributed by atoms with Gasteiger partial charge in [-0.25, -0.2) is 0 Å². The average molecular weight is 315 g/mol. The molecule has 6 heteroatoms. The van der Waals surface area contributed by atoms with E-state index in [-0.39, 0.29) is 18.4 Å². The van der Waals surface area contributed by atoms with Crippen molar-refractivity contribution in [1.82, 2.24) is 15.0 Å². The topological polar surface area (TPSA) is 68.5 Å².